The van der Waals surface area contributed by atoms with E-state index in [2.05, 4.69) is 21.3 Å². The summed E-state index contributed by atoms with van der Waals surface area (Å²) >= 11 is 0. The molecule has 3 rings (SSSR count). The molecule has 1 aromatic rings. The molecule has 0 spiro atoms. The van der Waals surface area contributed by atoms with E-state index >= 15 is 0 Å². The molecule has 1 saturated heterocycles. The van der Waals surface area contributed by atoms with Gasteiger partial charge >= 0.3 is 12.1 Å². The fourth-order valence-electron chi connectivity index (χ4n) is 4.25. The average Bonchev–Trinajstić information content (AvgIpc) is 2.81. The maximum atomic E-state index is 12.6. The van der Waals surface area contributed by atoms with Gasteiger partial charge in [0.05, 0.1) is 0 Å². The van der Waals surface area contributed by atoms with E-state index in [1.165, 1.54) is 19.3 Å². The number of nitrogens with one attached hydrogen (secondary N) is 4. The average molecular weight is 444 g/mol. The van der Waals surface area contributed by atoms with Crippen LogP contribution in [0.2, 0.25) is 0 Å². The largest absolute Gasteiger partial charge is 0.353 e. The van der Waals surface area contributed by atoms with Crippen molar-refractivity contribution in [2.24, 2.45) is 5.92 Å². The van der Waals surface area contributed by atoms with Gasteiger partial charge in [-0.2, -0.15) is 0 Å². The highest BCUT2D eigenvalue weighted by molar-refractivity contribution is 5.92. The maximum absolute atomic E-state index is 12.6. The first-order valence-electron chi connectivity index (χ1n) is 12.0. The lowest BCUT2D eigenvalue weighted by molar-refractivity contribution is -0.126. The SMILES string of the molecule is CC[C@H](C)NC(=O)C1CCN(C(=O)Nc2ccc(NC(=O)NC3CCCCC3)cc2)CC1. The fraction of sp³-hybridized carbons (Fsp3) is 0.625. The number of hydrogen-bond donors (Lipinski definition) is 4. The molecule has 0 unspecified atom stereocenters. The number of rotatable bonds is 6. The second-order valence-corrected chi connectivity index (χ2v) is 9.02. The minimum Gasteiger partial charge on any atom is -0.353 e. The number of piperidine rings is 1. The van der Waals surface area contributed by atoms with Crippen LogP contribution in [0.5, 0.6) is 0 Å². The van der Waals surface area contributed by atoms with Gasteiger partial charge in [0.25, 0.3) is 0 Å². The fourth-order valence-corrected chi connectivity index (χ4v) is 4.25. The molecule has 0 radical (unpaired) electrons. The van der Waals surface area contributed by atoms with Crippen LogP contribution < -0.4 is 21.3 Å². The molecule has 2 fully saturated rings. The molecule has 1 aliphatic carbocycles. The van der Waals surface area contributed by atoms with E-state index in [4.69, 9.17) is 0 Å². The Labute approximate surface area is 190 Å². The summed E-state index contributed by atoms with van der Waals surface area (Å²) in [6.07, 6.45) is 7.93. The molecule has 1 aliphatic heterocycles. The van der Waals surface area contributed by atoms with Gasteiger partial charge in [-0.25, -0.2) is 9.59 Å². The molecule has 176 valence electrons. The van der Waals surface area contributed by atoms with Crippen molar-refractivity contribution in [1.29, 1.82) is 0 Å². The smallest absolute Gasteiger partial charge is 0.321 e. The summed E-state index contributed by atoms with van der Waals surface area (Å²) in [7, 11) is 0. The second kappa shape index (κ2) is 11.7. The first-order chi connectivity index (χ1) is 15.4. The third-order valence-electron chi connectivity index (χ3n) is 6.49. The summed E-state index contributed by atoms with van der Waals surface area (Å²) in [4.78, 5) is 38.8. The number of benzene rings is 1. The summed E-state index contributed by atoms with van der Waals surface area (Å²) in [5.74, 6) is 0.0631. The normalized spacial score (nSPS) is 18.5. The zero-order valence-electron chi connectivity index (χ0n) is 19.3. The van der Waals surface area contributed by atoms with E-state index in [1.54, 1.807) is 29.2 Å². The minimum atomic E-state index is -0.186. The van der Waals surface area contributed by atoms with E-state index in [1.807, 2.05) is 13.8 Å². The van der Waals surface area contributed by atoms with E-state index in [0.29, 0.717) is 37.3 Å². The quantitative estimate of drug-likeness (QED) is 0.527. The lowest BCUT2D eigenvalue weighted by Gasteiger charge is -2.32. The van der Waals surface area contributed by atoms with Gasteiger partial charge in [0.1, 0.15) is 0 Å². The number of carbonyl (C=O) groups is 3. The summed E-state index contributed by atoms with van der Waals surface area (Å²) in [5.41, 5.74) is 1.36. The number of urea groups is 2. The Hall–Kier alpha value is -2.77. The van der Waals surface area contributed by atoms with Gasteiger partial charge in [0.2, 0.25) is 5.91 Å². The van der Waals surface area contributed by atoms with Crippen molar-refractivity contribution in [3.8, 4) is 0 Å². The van der Waals surface area contributed by atoms with Gasteiger partial charge in [-0.15, -0.1) is 0 Å². The van der Waals surface area contributed by atoms with Gasteiger partial charge < -0.3 is 26.2 Å². The highest BCUT2D eigenvalue weighted by atomic mass is 16.2. The van der Waals surface area contributed by atoms with Crippen molar-refractivity contribution in [2.75, 3.05) is 23.7 Å². The summed E-state index contributed by atoms with van der Waals surface area (Å²) in [6, 6.07) is 7.20. The molecule has 5 amide bonds. The van der Waals surface area contributed by atoms with Crippen LogP contribution >= 0.6 is 0 Å². The molecular formula is C24H37N5O3. The molecule has 4 N–H and O–H groups in total. The van der Waals surface area contributed by atoms with Crippen molar-refractivity contribution in [1.82, 2.24) is 15.5 Å². The van der Waals surface area contributed by atoms with Gasteiger partial charge in [-0.1, -0.05) is 26.2 Å². The molecule has 1 atom stereocenters. The monoisotopic (exact) mass is 443 g/mol. The van der Waals surface area contributed by atoms with Gasteiger partial charge in [0, 0.05) is 42.5 Å². The van der Waals surface area contributed by atoms with Crippen LogP contribution in [0.4, 0.5) is 21.0 Å². The van der Waals surface area contributed by atoms with Gasteiger partial charge in [0.15, 0.2) is 0 Å². The minimum absolute atomic E-state index is 0.0295. The summed E-state index contributed by atoms with van der Waals surface area (Å²) in [6.45, 7) is 5.17. The highest BCUT2D eigenvalue weighted by Gasteiger charge is 2.27. The number of likely N-dealkylation sites (tertiary alicyclic amines) is 1. The molecule has 1 saturated carbocycles. The molecule has 8 heteroatoms. The first kappa shape index (κ1) is 23.9. The summed E-state index contributed by atoms with van der Waals surface area (Å²) < 4.78 is 0. The van der Waals surface area contributed by atoms with E-state index < -0.39 is 0 Å². The molecule has 2 aliphatic rings. The lowest BCUT2D eigenvalue weighted by atomic mass is 9.95. The molecule has 1 aromatic carbocycles. The Bertz CT molecular complexity index is 768. The van der Waals surface area contributed by atoms with Crippen molar-refractivity contribution in [3.05, 3.63) is 24.3 Å². The topological polar surface area (TPSA) is 103 Å². The molecule has 1 heterocycles. The van der Waals surface area contributed by atoms with Crippen LogP contribution in [0, 0.1) is 5.92 Å². The third kappa shape index (κ3) is 7.14. The van der Waals surface area contributed by atoms with Crippen molar-refractivity contribution < 1.29 is 14.4 Å². The number of carbonyl (C=O) groups excluding carboxylic acids is 3. The molecule has 0 aromatic heterocycles. The zero-order chi connectivity index (χ0) is 22.9. The van der Waals surface area contributed by atoms with Crippen LogP contribution in [-0.4, -0.2) is 48.0 Å². The standard InChI is InChI=1S/C24H37N5O3/c1-3-17(2)25-22(30)18-13-15-29(16-14-18)24(32)28-21-11-9-20(10-12-21)27-23(31)26-19-7-5-4-6-8-19/h9-12,17-19H,3-8,13-16H2,1-2H3,(H,25,30)(H,28,32)(H2,26,27,31)/t17-/m0/s1. The van der Waals surface area contributed by atoms with Gasteiger partial charge in [-0.3, -0.25) is 4.79 Å². The van der Waals surface area contributed by atoms with E-state index in [0.717, 1.165) is 19.3 Å². The van der Waals surface area contributed by atoms with Gasteiger partial charge in [-0.05, 0) is 63.3 Å². The van der Waals surface area contributed by atoms with Crippen LogP contribution in [0.3, 0.4) is 0 Å². The predicted octanol–water partition coefficient (Wildman–Crippen LogP) is 4.30. The van der Waals surface area contributed by atoms with Crippen molar-refractivity contribution >= 4 is 29.3 Å². The van der Waals surface area contributed by atoms with Crippen LogP contribution in [0.25, 0.3) is 0 Å². The van der Waals surface area contributed by atoms with Crippen LogP contribution in [-0.2, 0) is 4.79 Å². The molecule has 8 nitrogen and oxygen atoms in total. The predicted molar refractivity (Wildman–Crippen MR) is 127 cm³/mol. The van der Waals surface area contributed by atoms with Crippen molar-refractivity contribution in [2.45, 2.75) is 77.3 Å². The molecule has 32 heavy (non-hydrogen) atoms. The Morgan fingerprint density at radius 2 is 1.53 bits per heavy atom. The third-order valence-corrected chi connectivity index (χ3v) is 6.49. The first-order valence-corrected chi connectivity index (χ1v) is 12.0. The Morgan fingerprint density at radius 1 is 0.938 bits per heavy atom. The Balaban J connectivity index is 1.41. The Kier molecular flexibility index (Phi) is 8.76. The highest BCUT2D eigenvalue weighted by Crippen LogP contribution is 2.20. The number of amides is 5. The molecule has 0 bridgehead atoms. The lowest BCUT2D eigenvalue weighted by Crippen LogP contribution is -2.45. The number of anilines is 2. The van der Waals surface area contributed by atoms with E-state index in [9.17, 15) is 14.4 Å². The second-order valence-electron chi connectivity index (χ2n) is 9.02. The van der Waals surface area contributed by atoms with Crippen LogP contribution in [0.15, 0.2) is 24.3 Å². The zero-order valence-corrected chi connectivity index (χ0v) is 19.3. The summed E-state index contributed by atoms with van der Waals surface area (Å²) in [5, 5.41) is 11.8. The molecular weight excluding hydrogens is 406 g/mol. The Morgan fingerprint density at radius 3 is 2.12 bits per heavy atom. The number of nitrogens with zero attached hydrogens (tertiary/aromatic N) is 1. The maximum Gasteiger partial charge on any atom is 0.321 e. The number of hydrogen-bond acceptors (Lipinski definition) is 3. The van der Waals surface area contributed by atoms with Crippen LogP contribution in [0.1, 0.15) is 65.2 Å². The van der Waals surface area contributed by atoms with E-state index in [-0.39, 0.29) is 36.0 Å². The van der Waals surface area contributed by atoms with Crippen molar-refractivity contribution in [3.63, 3.8) is 0 Å².